The van der Waals surface area contributed by atoms with Crippen LogP contribution in [0.1, 0.15) is 15.9 Å². The first kappa shape index (κ1) is 19.0. The molecule has 10 nitrogen and oxygen atoms in total. The lowest BCUT2D eigenvalue weighted by atomic mass is 10.2. The van der Waals surface area contributed by atoms with Crippen molar-refractivity contribution in [3.05, 3.63) is 56.5 Å². The number of nitrogens with zero attached hydrogens (tertiary/aromatic N) is 3. The second-order valence-electron chi connectivity index (χ2n) is 4.80. The quantitative estimate of drug-likeness (QED) is 0.429. The number of thioether (sulfide) groups is 1. The van der Waals surface area contributed by atoms with Gasteiger partial charge in [-0.25, -0.2) is 14.7 Å². The van der Waals surface area contributed by atoms with Crippen molar-refractivity contribution in [2.45, 2.75) is 5.03 Å². The van der Waals surface area contributed by atoms with E-state index in [1.165, 1.54) is 24.7 Å². The van der Waals surface area contributed by atoms with E-state index in [2.05, 4.69) is 20.2 Å². The summed E-state index contributed by atoms with van der Waals surface area (Å²) in [6, 6.07) is 1.45. The lowest BCUT2D eigenvalue weighted by Gasteiger charge is -1.96. The Balaban J connectivity index is 1.81. The molecule has 0 aromatic carbocycles. The fraction of sp³-hybridized carbons (Fsp3) is 0.133. The highest BCUT2D eigenvalue weighted by atomic mass is 32.2. The van der Waals surface area contributed by atoms with Crippen LogP contribution in [0.3, 0.4) is 0 Å². The van der Waals surface area contributed by atoms with Crippen LogP contribution < -0.4 is 11.2 Å². The first-order valence-electron chi connectivity index (χ1n) is 7.14. The van der Waals surface area contributed by atoms with E-state index in [0.717, 1.165) is 11.8 Å². The van der Waals surface area contributed by atoms with Gasteiger partial charge in [-0.3, -0.25) is 24.5 Å². The normalized spacial score (nSPS) is 11.2. The van der Waals surface area contributed by atoms with Gasteiger partial charge in [-0.1, -0.05) is 17.8 Å². The Bertz CT molecular complexity index is 979. The summed E-state index contributed by atoms with van der Waals surface area (Å²) in [6.07, 6.45) is 7.30. The van der Waals surface area contributed by atoms with Crippen molar-refractivity contribution in [2.75, 3.05) is 12.3 Å². The summed E-state index contributed by atoms with van der Waals surface area (Å²) in [4.78, 5) is 54.5. The highest BCUT2D eigenvalue weighted by Gasteiger charge is 2.07. The third-order valence-corrected chi connectivity index (χ3v) is 3.82. The number of rotatable bonds is 8. The number of carboxylic acid groups (broad SMARTS) is 1. The fourth-order valence-electron chi connectivity index (χ4n) is 1.66. The molecule has 11 heteroatoms. The largest absolute Gasteiger partial charge is 0.478 e. The van der Waals surface area contributed by atoms with E-state index in [4.69, 9.17) is 5.11 Å². The number of pyridine rings is 1. The molecule has 0 aliphatic carbocycles. The minimum atomic E-state index is -1.07. The highest BCUT2D eigenvalue weighted by molar-refractivity contribution is 7.99. The second kappa shape index (κ2) is 9.22. The van der Waals surface area contributed by atoms with Gasteiger partial charge in [0.1, 0.15) is 0 Å². The number of hydrogen-bond donors (Lipinski definition) is 3. The minimum Gasteiger partial charge on any atom is -0.478 e. The standard InChI is InChI=1S/C15H13N5O5S/c21-11(8-26-13-12(22)18-15(25)20-19-13)7-16-3-1-2-9-4-10(14(23)24)6-17-5-9/h1-6H,7-8H2,(H,23,24)(H2,18,20,22,25)/b2-1+,16-3?. The van der Waals surface area contributed by atoms with Gasteiger partial charge in [0, 0.05) is 18.6 Å². The zero-order valence-corrected chi connectivity index (χ0v) is 14.0. The lowest BCUT2D eigenvalue weighted by molar-refractivity contribution is -0.115. The minimum absolute atomic E-state index is 0.00682. The average Bonchev–Trinajstić information content (AvgIpc) is 2.61. The van der Waals surface area contributed by atoms with E-state index >= 15 is 0 Å². The molecule has 3 N–H and O–H groups in total. The number of aliphatic imine (C=N–C) groups is 1. The SMILES string of the molecule is O=C(CN=C/C=C/c1cncc(C(=O)O)c1)CSc1n[nH]c(=O)[nH]c1=O. The van der Waals surface area contributed by atoms with E-state index in [1.807, 2.05) is 4.98 Å². The van der Waals surface area contributed by atoms with Gasteiger partial charge in [0.05, 0.1) is 17.9 Å². The van der Waals surface area contributed by atoms with Gasteiger partial charge >= 0.3 is 11.7 Å². The van der Waals surface area contributed by atoms with Crippen LogP contribution in [0.2, 0.25) is 0 Å². The molecule has 2 aromatic heterocycles. The predicted octanol–water partition coefficient (Wildman–Crippen LogP) is -0.00320. The van der Waals surface area contributed by atoms with Crippen LogP contribution in [0.25, 0.3) is 6.08 Å². The number of aromatic amines is 2. The molecule has 134 valence electrons. The van der Waals surface area contributed by atoms with Gasteiger partial charge in [-0.2, -0.15) is 5.10 Å². The predicted molar refractivity (Wildman–Crippen MR) is 94.8 cm³/mol. The molecule has 26 heavy (non-hydrogen) atoms. The molecular weight excluding hydrogens is 362 g/mol. The molecule has 2 rings (SSSR count). The summed E-state index contributed by atoms with van der Waals surface area (Å²) < 4.78 is 0. The monoisotopic (exact) mass is 375 g/mol. The zero-order valence-electron chi connectivity index (χ0n) is 13.2. The van der Waals surface area contributed by atoms with Gasteiger partial charge in [-0.15, -0.1) is 0 Å². The molecule has 0 atom stereocenters. The number of H-pyrrole nitrogens is 2. The van der Waals surface area contributed by atoms with E-state index in [9.17, 15) is 19.2 Å². The van der Waals surface area contributed by atoms with Gasteiger partial charge in [0.2, 0.25) is 0 Å². The number of aromatic nitrogens is 4. The first-order chi connectivity index (χ1) is 12.5. The number of allylic oxidation sites excluding steroid dienone is 1. The molecule has 0 aliphatic rings. The van der Waals surface area contributed by atoms with Crippen molar-refractivity contribution in [3.8, 4) is 0 Å². The number of Topliss-reactive ketones (excluding diaryl/α,β-unsaturated/α-hetero) is 1. The van der Waals surface area contributed by atoms with Crippen LogP contribution in [0.5, 0.6) is 0 Å². The maximum Gasteiger partial charge on any atom is 0.342 e. The number of carboxylic acids is 1. The Labute approximate surface area is 150 Å². The van der Waals surface area contributed by atoms with Gasteiger partial charge in [0.25, 0.3) is 5.56 Å². The van der Waals surface area contributed by atoms with Gasteiger partial charge in [0.15, 0.2) is 10.8 Å². The molecule has 0 saturated heterocycles. The number of aromatic carboxylic acids is 1. The number of nitrogens with one attached hydrogen (secondary N) is 2. The Morgan fingerprint density at radius 2 is 2.12 bits per heavy atom. The zero-order chi connectivity index (χ0) is 18.9. The summed E-state index contributed by atoms with van der Waals surface area (Å²) in [5.74, 6) is -1.32. The van der Waals surface area contributed by atoms with Crippen molar-refractivity contribution < 1.29 is 14.7 Å². The van der Waals surface area contributed by atoms with Crippen molar-refractivity contribution in [1.82, 2.24) is 20.2 Å². The Hall–Kier alpha value is -3.34. The van der Waals surface area contributed by atoms with Gasteiger partial charge < -0.3 is 5.11 Å². The number of ketones is 1. The van der Waals surface area contributed by atoms with Crippen molar-refractivity contribution in [3.63, 3.8) is 0 Å². The Morgan fingerprint density at radius 3 is 2.85 bits per heavy atom. The summed E-state index contributed by atoms with van der Waals surface area (Å²) in [5, 5.41) is 14.5. The number of carbonyl (C=O) groups excluding carboxylic acids is 1. The first-order valence-corrected chi connectivity index (χ1v) is 8.12. The molecule has 0 radical (unpaired) electrons. The molecule has 0 amide bonds. The van der Waals surface area contributed by atoms with Crippen LogP contribution in [0.4, 0.5) is 0 Å². The molecular formula is C15H13N5O5S. The molecule has 0 saturated carbocycles. The van der Waals surface area contributed by atoms with Crippen LogP contribution in [-0.2, 0) is 4.79 Å². The van der Waals surface area contributed by atoms with Crippen LogP contribution in [0, 0.1) is 0 Å². The molecule has 0 bridgehead atoms. The van der Waals surface area contributed by atoms with Crippen molar-refractivity contribution in [1.29, 1.82) is 0 Å². The molecule has 0 unspecified atom stereocenters. The number of hydrogen-bond acceptors (Lipinski definition) is 8. The molecule has 0 fully saturated rings. The summed E-state index contributed by atoms with van der Waals surface area (Å²) in [6.45, 7) is -0.0913. The topological polar surface area (TPSA) is 158 Å². The van der Waals surface area contributed by atoms with Crippen LogP contribution in [-0.4, -0.2) is 55.5 Å². The van der Waals surface area contributed by atoms with E-state index in [1.54, 1.807) is 12.2 Å². The van der Waals surface area contributed by atoms with Crippen molar-refractivity contribution >= 4 is 35.8 Å². The Morgan fingerprint density at radius 1 is 1.31 bits per heavy atom. The summed E-state index contributed by atoms with van der Waals surface area (Å²) >= 11 is 0.898. The fourth-order valence-corrected chi connectivity index (χ4v) is 2.35. The third kappa shape index (κ3) is 5.94. The molecule has 2 aromatic rings. The smallest absolute Gasteiger partial charge is 0.342 e. The van der Waals surface area contributed by atoms with E-state index < -0.39 is 17.2 Å². The maximum absolute atomic E-state index is 11.7. The average molecular weight is 375 g/mol. The Kier molecular flexibility index (Phi) is 6.74. The number of carbonyl (C=O) groups is 2. The second-order valence-corrected chi connectivity index (χ2v) is 5.76. The van der Waals surface area contributed by atoms with Gasteiger partial charge in [-0.05, 0) is 17.7 Å². The summed E-state index contributed by atoms with van der Waals surface area (Å²) in [7, 11) is 0. The lowest BCUT2D eigenvalue weighted by Crippen LogP contribution is -2.25. The summed E-state index contributed by atoms with van der Waals surface area (Å²) in [5.41, 5.74) is -0.718. The maximum atomic E-state index is 11.7. The van der Waals surface area contributed by atoms with Crippen LogP contribution >= 0.6 is 11.8 Å². The molecule has 0 aliphatic heterocycles. The highest BCUT2D eigenvalue weighted by Crippen LogP contribution is 2.08. The van der Waals surface area contributed by atoms with Crippen molar-refractivity contribution in [2.24, 2.45) is 4.99 Å². The molecule has 0 spiro atoms. The third-order valence-electron chi connectivity index (χ3n) is 2.80. The van der Waals surface area contributed by atoms with E-state index in [0.29, 0.717) is 5.56 Å². The van der Waals surface area contributed by atoms with E-state index in [-0.39, 0.29) is 28.7 Å². The van der Waals surface area contributed by atoms with Crippen LogP contribution in [0.15, 0.2) is 44.1 Å². The molecule has 2 heterocycles.